The van der Waals surface area contributed by atoms with Crippen LogP contribution >= 0.6 is 10.7 Å². The number of halogens is 2. The smallest absolute Gasteiger partial charge is 0.274 e. The lowest BCUT2D eigenvalue weighted by Crippen LogP contribution is -2.13. The van der Waals surface area contributed by atoms with E-state index in [4.69, 9.17) is 10.7 Å². The fraction of sp³-hybridized carbons (Fsp3) is 0. The van der Waals surface area contributed by atoms with Gasteiger partial charge in [0.1, 0.15) is 11.5 Å². The SMILES string of the molecule is O=C(Nc1ccc(S(=O)(=O)Cl)cc1)c1ccc(F)cn1. The van der Waals surface area contributed by atoms with Gasteiger partial charge in [0.25, 0.3) is 15.0 Å². The van der Waals surface area contributed by atoms with Gasteiger partial charge in [0.2, 0.25) is 0 Å². The summed E-state index contributed by atoms with van der Waals surface area (Å²) in [5, 5.41) is 2.49. The van der Waals surface area contributed by atoms with Crippen LogP contribution < -0.4 is 5.32 Å². The van der Waals surface area contributed by atoms with Crippen molar-refractivity contribution in [2.45, 2.75) is 4.90 Å². The van der Waals surface area contributed by atoms with Crippen molar-refractivity contribution in [1.29, 1.82) is 0 Å². The fourth-order valence-corrected chi connectivity index (χ4v) is 2.18. The summed E-state index contributed by atoms with van der Waals surface area (Å²) in [6, 6.07) is 7.65. The minimum Gasteiger partial charge on any atom is -0.321 e. The van der Waals surface area contributed by atoms with Crippen molar-refractivity contribution in [2.24, 2.45) is 0 Å². The van der Waals surface area contributed by atoms with Gasteiger partial charge in [-0.05, 0) is 36.4 Å². The van der Waals surface area contributed by atoms with E-state index in [1.54, 1.807) is 0 Å². The number of nitrogens with zero attached hydrogens (tertiary/aromatic N) is 1. The van der Waals surface area contributed by atoms with E-state index in [1.807, 2.05) is 0 Å². The van der Waals surface area contributed by atoms with Crippen LogP contribution in [0.3, 0.4) is 0 Å². The van der Waals surface area contributed by atoms with E-state index in [0.29, 0.717) is 5.69 Å². The van der Waals surface area contributed by atoms with E-state index >= 15 is 0 Å². The van der Waals surface area contributed by atoms with Crippen LogP contribution in [0.2, 0.25) is 0 Å². The highest BCUT2D eigenvalue weighted by Crippen LogP contribution is 2.18. The molecule has 1 amide bonds. The zero-order valence-electron chi connectivity index (χ0n) is 9.88. The fourth-order valence-electron chi connectivity index (χ4n) is 1.41. The monoisotopic (exact) mass is 314 g/mol. The maximum Gasteiger partial charge on any atom is 0.274 e. The summed E-state index contributed by atoms with van der Waals surface area (Å²) in [4.78, 5) is 15.3. The normalized spacial score (nSPS) is 11.1. The van der Waals surface area contributed by atoms with Crippen molar-refractivity contribution in [3.05, 3.63) is 54.1 Å². The molecule has 0 fully saturated rings. The van der Waals surface area contributed by atoms with Crippen molar-refractivity contribution in [2.75, 3.05) is 5.32 Å². The molecule has 1 N–H and O–H groups in total. The number of rotatable bonds is 3. The minimum absolute atomic E-state index is 0.0421. The Kier molecular flexibility index (Phi) is 4.01. The second kappa shape index (κ2) is 5.56. The number of benzene rings is 1. The number of carbonyl (C=O) groups excluding carboxylic acids is 1. The van der Waals surface area contributed by atoms with Gasteiger partial charge < -0.3 is 5.32 Å². The van der Waals surface area contributed by atoms with Gasteiger partial charge in [0, 0.05) is 16.4 Å². The van der Waals surface area contributed by atoms with E-state index in [0.717, 1.165) is 12.3 Å². The van der Waals surface area contributed by atoms with E-state index in [2.05, 4.69) is 10.3 Å². The number of pyridine rings is 1. The number of hydrogen-bond acceptors (Lipinski definition) is 4. The van der Waals surface area contributed by atoms with Crippen molar-refractivity contribution in [1.82, 2.24) is 4.98 Å². The van der Waals surface area contributed by atoms with Gasteiger partial charge >= 0.3 is 0 Å². The van der Waals surface area contributed by atoms with Crippen molar-refractivity contribution >= 4 is 31.3 Å². The standard InChI is InChI=1S/C12H8ClFN2O3S/c13-20(18,19)10-4-2-9(3-5-10)16-12(17)11-6-1-8(14)7-15-11/h1-7H,(H,16,17). The molecule has 1 heterocycles. The highest BCUT2D eigenvalue weighted by atomic mass is 35.7. The van der Waals surface area contributed by atoms with E-state index in [-0.39, 0.29) is 10.6 Å². The molecule has 20 heavy (non-hydrogen) atoms. The number of aromatic nitrogens is 1. The molecule has 0 aliphatic rings. The molecule has 104 valence electrons. The van der Waals surface area contributed by atoms with Gasteiger partial charge in [-0.1, -0.05) is 0 Å². The Morgan fingerprint density at radius 3 is 2.30 bits per heavy atom. The second-order valence-electron chi connectivity index (χ2n) is 3.78. The summed E-state index contributed by atoms with van der Waals surface area (Å²) in [7, 11) is 1.37. The maximum absolute atomic E-state index is 12.7. The predicted octanol–water partition coefficient (Wildman–Crippen LogP) is 2.40. The molecule has 2 rings (SSSR count). The molecule has 0 unspecified atom stereocenters. The van der Waals surface area contributed by atoms with E-state index < -0.39 is 20.8 Å². The lowest BCUT2D eigenvalue weighted by Gasteiger charge is -2.05. The third-order valence-corrected chi connectivity index (χ3v) is 3.72. The lowest BCUT2D eigenvalue weighted by molar-refractivity contribution is 0.102. The Balaban J connectivity index is 2.14. The first-order valence-corrected chi connectivity index (χ1v) is 7.65. The van der Waals surface area contributed by atoms with Gasteiger partial charge in [-0.2, -0.15) is 0 Å². The maximum atomic E-state index is 12.7. The summed E-state index contributed by atoms with van der Waals surface area (Å²) in [5.74, 6) is -1.08. The first-order chi connectivity index (χ1) is 9.36. The Bertz CT molecular complexity index is 730. The summed E-state index contributed by atoms with van der Waals surface area (Å²) >= 11 is 0. The van der Waals surface area contributed by atoms with Crippen molar-refractivity contribution in [3.8, 4) is 0 Å². The molecule has 0 saturated carbocycles. The zero-order valence-corrected chi connectivity index (χ0v) is 11.5. The average Bonchev–Trinajstić information content (AvgIpc) is 2.39. The summed E-state index contributed by atoms with van der Waals surface area (Å²) < 4.78 is 34.8. The third-order valence-electron chi connectivity index (χ3n) is 2.35. The van der Waals surface area contributed by atoms with Gasteiger partial charge in [-0.25, -0.2) is 17.8 Å². The van der Waals surface area contributed by atoms with Gasteiger partial charge in [0.15, 0.2) is 0 Å². The van der Waals surface area contributed by atoms with Gasteiger partial charge in [0.05, 0.1) is 11.1 Å². The molecular formula is C12H8ClFN2O3S. The highest BCUT2D eigenvalue weighted by molar-refractivity contribution is 8.13. The number of hydrogen-bond donors (Lipinski definition) is 1. The second-order valence-corrected chi connectivity index (χ2v) is 6.34. The molecule has 1 aromatic carbocycles. The number of carbonyl (C=O) groups is 1. The van der Waals surface area contributed by atoms with Crippen LogP contribution in [0.25, 0.3) is 0 Å². The van der Waals surface area contributed by atoms with Crippen LogP contribution in [0, 0.1) is 5.82 Å². The molecule has 0 aliphatic heterocycles. The van der Waals surface area contributed by atoms with Gasteiger partial charge in [-0.3, -0.25) is 4.79 Å². The molecule has 0 radical (unpaired) electrons. The molecule has 2 aromatic rings. The average molecular weight is 315 g/mol. The van der Waals surface area contributed by atoms with Crippen molar-refractivity contribution < 1.29 is 17.6 Å². The first-order valence-electron chi connectivity index (χ1n) is 5.34. The quantitative estimate of drug-likeness (QED) is 0.883. The molecule has 0 bridgehead atoms. The molecule has 0 atom stereocenters. The summed E-state index contributed by atoms with van der Waals surface area (Å²) in [5.41, 5.74) is 0.408. The molecule has 8 heteroatoms. The third kappa shape index (κ3) is 3.52. The molecular weight excluding hydrogens is 307 g/mol. The van der Waals surface area contributed by atoms with Crippen LogP contribution in [0.1, 0.15) is 10.5 Å². The largest absolute Gasteiger partial charge is 0.321 e. The Morgan fingerprint density at radius 2 is 1.80 bits per heavy atom. The topological polar surface area (TPSA) is 76.1 Å². The first kappa shape index (κ1) is 14.4. The molecule has 0 aliphatic carbocycles. The number of nitrogens with one attached hydrogen (secondary N) is 1. The molecule has 0 spiro atoms. The van der Waals surface area contributed by atoms with E-state index in [1.165, 1.54) is 30.3 Å². The molecule has 0 saturated heterocycles. The van der Waals surface area contributed by atoms with Crippen molar-refractivity contribution in [3.63, 3.8) is 0 Å². The van der Waals surface area contributed by atoms with Crippen LogP contribution in [0.5, 0.6) is 0 Å². The van der Waals surface area contributed by atoms with Crippen LogP contribution in [-0.2, 0) is 9.05 Å². The van der Waals surface area contributed by atoms with E-state index in [9.17, 15) is 17.6 Å². The van der Waals surface area contributed by atoms with Crippen LogP contribution in [-0.4, -0.2) is 19.3 Å². The number of anilines is 1. The summed E-state index contributed by atoms with van der Waals surface area (Å²) in [6.07, 6.45) is 0.929. The Labute approximate surface area is 118 Å². The molecule has 5 nitrogen and oxygen atoms in total. The van der Waals surface area contributed by atoms with Crippen LogP contribution in [0.4, 0.5) is 10.1 Å². The predicted molar refractivity (Wildman–Crippen MR) is 71.6 cm³/mol. The minimum atomic E-state index is -3.80. The Morgan fingerprint density at radius 1 is 1.15 bits per heavy atom. The van der Waals surface area contributed by atoms with Crippen LogP contribution in [0.15, 0.2) is 47.5 Å². The lowest BCUT2D eigenvalue weighted by atomic mass is 10.3. The highest BCUT2D eigenvalue weighted by Gasteiger charge is 2.11. The molecule has 1 aromatic heterocycles. The Hall–Kier alpha value is -1.99. The summed E-state index contributed by atoms with van der Waals surface area (Å²) in [6.45, 7) is 0. The zero-order chi connectivity index (χ0) is 14.8. The number of amides is 1. The van der Waals surface area contributed by atoms with Gasteiger partial charge in [-0.15, -0.1) is 0 Å².